The zero-order valence-electron chi connectivity index (χ0n) is 24.9. The summed E-state index contributed by atoms with van der Waals surface area (Å²) in [7, 11) is 3.11. The van der Waals surface area contributed by atoms with Crippen LogP contribution >= 0.6 is 0 Å². The molecule has 0 bridgehead atoms. The number of rotatable bonds is 8. The van der Waals surface area contributed by atoms with Crippen molar-refractivity contribution in [1.29, 1.82) is 0 Å². The van der Waals surface area contributed by atoms with Gasteiger partial charge in [0, 0.05) is 12.5 Å². The largest absolute Gasteiger partial charge is 0.497 e. The van der Waals surface area contributed by atoms with Crippen molar-refractivity contribution in [2.75, 3.05) is 19.1 Å². The number of urea groups is 1. The van der Waals surface area contributed by atoms with Crippen LogP contribution in [0.25, 0.3) is 0 Å². The van der Waals surface area contributed by atoms with Crippen LogP contribution in [0, 0.1) is 5.41 Å². The molecule has 0 aromatic heterocycles. The lowest BCUT2D eigenvalue weighted by molar-refractivity contribution is -0.145. The Morgan fingerprint density at radius 2 is 1.52 bits per heavy atom. The topological polar surface area (TPSA) is 114 Å². The second-order valence-corrected chi connectivity index (χ2v) is 11.8. The minimum atomic E-state index is -1.01. The van der Waals surface area contributed by atoms with Crippen LogP contribution in [0.15, 0.2) is 78.9 Å². The molecule has 1 aliphatic rings. The molecule has 3 atom stereocenters. The lowest BCUT2D eigenvalue weighted by Gasteiger charge is -2.35. The summed E-state index contributed by atoms with van der Waals surface area (Å²) < 4.78 is 10.9. The van der Waals surface area contributed by atoms with Crippen molar-refractivity contribution in [3.05, 3.63) is 90.0 Å². The van der Waals surface area contributed by atoms with E-state index in [1.165, 1.54) is 17.0 Å². The number of anilines is 1. The number of primary amides is 1. The van der Waals surface area contributed by atoms with Gasteiger partial charge in [-0.2, -0.15) is 0 Å². The van der Waals surface area contributed by atoms with Gasteiger partial charge in [-0.25, -0.2) is 9.80 Å². The maximum Gasteiger partial charge on any atom is 0.320 e. The summed E-state index contributed by atoms with van der Waals surface area (Å²) in [6.07, 6.45) is 0.971. The second kappa shape index (κ2) is 13.0. The molecule has 0 radical (unpaired) electrons. The predicted octanol–water partition coefficient (Wildman–Crippen LogP) is 5.57. The lowest BCUT2D eigenvalue weighted by atomic mass is 9.86. The Labute approximate surface area is 247 Å². The van der Waals surface area contributed by atoms with E-state index in [1.807, 2.05) is 75.4 Å². The van der Waals surface area contributed by atoms with Gasteiger partial charge >= 0.3 is 6.03 Å². The quantitative estimate of drug-likeness (QED) is 0.366. The van der Waals surface area contributed by atoms with Crippen LogP contribution in [-0.4, -0.2) is 43.1 Å². The van der Waals surface area contributed by atoms with Crippen LogP contribution in [0.1, 0.15) is 63.1 Å². The van der Waals surface area contributed by atoms with Crippen molar-refractivity contribution in [2.45, 2.75) is 58.0 Å². The number of nitrogens with two attached hydrogens (primary N) is 1. The molecule has 1 fully saturated rings. The smallest absolute Gasteiger partial charge is 0.320 e. The molecular formula is C33H40N4O5. The van der Waals surface area contributed by atoms with Crippen molar-refractivity contribution in [3.63, 3.8) is 0 Å². The first-order valence-corrected chi connectivity index (χ1v) is 14.0. The summed E-state index contributed by atoms with van der Waals surface area (Å²) in [5.41, 5.74) is 10.8. The molecule has 222 valence electrons. The summed E-state index contributed by atoms with van der Waals surface area (Å²) in [6.45, 7) is 5.88. The minimum Gasteiger partial charge on any atom is -0.497 e. The molecule has 4 rings (SSSR count). The van der Waals surface area contributed by atoms with E-state index in [2.05, 4.69) is 5.43 Å². The van der Waals surface area contributed by atoms with Gasteiger partial charge < -0.3 is 15.2 Å². The fraction of sp³-hybridized carbons (Fsp3) is 0.364. The first kappa shape index (κ1) is 30.4. The van der Waals surface area contributed by atoms with Gasteiger partial charge in [-0.05, 0) is 59.6 Å². The van der Waals surface area contributed by atoms with Gasteiger partial charge in [0.25, 0.3) is 5.91 Å². The number of ether oxygens (including phenoxy) is 2. The van der Waals surface area contributed by atoms with Crippen molar-refractivity contribution in [3.8, 4) is 11.5 Å². The van der Waals surface area contributed by atoms with E-state index in [4.69, 9.17) is 15.2 Å². The number of methoxy groups -OCH3 is 2. The number of hydrogen-bond donors (Lipinski definition) is 2. The van der Waals surface area contributed by atoms with E-state index in [-0.39, 0.29) is 30.1 Å². The number of carbonyl (C=O) groups is 3. The second-order valence-electron chi connectivity index (χ2n) is 11.8. The van der Waals surface area contributed by atoms with Gasteiger partial charge in [-0.3, -0.25) is 19.9 Å². The molecule has 0 spiro atoms. The number of nitrogens with one attached hydrogen (secondary N) is 1. The van der Waals surface area contributed by atoms with Gasteiger partial charge in [-0.15, -0.1) is 0 Å². The van der Waals surface area contributed by atoms with Crippen LogP contribution in [0.3, 0.4) is 0 Å². The van der Waals surface area contributed by atoms with Crippen molar-refractivity contribution < 1.29 is 23.9 Å². The van der Waals surface area contributed by atoms with Crippen molar-refractivity contribution in [1.82, 2.24) is 10.4 Å². The van der Waals surface area contributed by atoms with Crippen LogP contribution in [0.4, 0.5) is 10.5 Å². The Morgan fingerprint density at radius 1 is 0.905 bits per heavy atom. The molecule has 4 amide bonds. The molecule has 9 nitrogen and oxygen atoms in total. The molecule has 0 aliphatic carbocycles. The third-order valence-electron chi connectivity index (χ3n) is 7.42. The Kier molecular flexibility index (Phi) is 9.40. The maximum absolute atomic E-state index is 14.6. The normalized spacial score (nSPS) is 19.0. The van der Waals surface area contributed by atoms with E-state index in [0.717, 1.165) is 11.1 Å². The van der Waals surface area contributed by atoms with E-state index >= 15 is 0 Å². The molecule has 0 saturated carbocycles. The zero-order valence-corrected chi connectivity index (χ0v) is 24.9. The highest BCUT2D eigenvalue weighted by molar-refractivity contribution is 6.00. The number of amides is 4. The minimum absolute atomic E-state index is 0.159. The Hall–Kier alpha value is -4.53. The molecular weight excluding hydrogens is 532 g/mol. The molecule has 1 heterocycles. The van der Waals surface area contributed by atoms with Crippen molar-refractivity contribution in [2.24, 2.45) is 11.1 Å². The van der Waals surface area contributed by atoms with E-state index in [9.17, 15) is 14.4 Å². The molecule has 3 aromatic rings. The summed E-state index contributed by atoms with van der Waals surface area (Å²) in [5.74, 6) is 0.253. The molecule has 3 aromatic carbocycles. The summed E-state index contributed by atoms with van der Waals surface area (Å²) in [6, 6.07) is 21.9. The SMILES string of the molecule is COc1cccc(C2C[C@@H](c3ccccc3)C[C@@H](N(C(N)=O)c3cccc(OC)c3)C(=O)N2NC(=O)CC(C)(C)C)c1. The number of nitrogens with zero attached hydrogens (tertiary/aromatic N) is 2. The van der Waals surface area contributed by atoms with Crippen molar-refractivity contribution >= 4 is 23.5 Å². The summed E-state index contributed by atoms with van der Waals surface area (Å²) in [4.78, 5) is 42.4. The van der Waals surface area contributed by atoms with Crippen LogP contribution in [0.2, 0.25) is 0 Å². The van der Waals surface area contributed by atoms with Crippen LogP contribution in [-0.2, 0) is 9.59 Å². The fourth-order valence-electron chi connectivity index (χ4n) is 5.51. The van der Waals surface area contributed by atoms with Gasteiger partial charge in [0.2, 0.25) is 5.91 Å². The first-order valence-electron chi connectivity index (χ1n) is 14.0. The highest BCUT2D eigenvalue weighted by Gasteiger charge is 2.43. The molecule has 1 unspecified atom stereocenters. The van der Waals surface area contributed by atoms with E-state index < -0.39 is 24.0 Å². The number of hydrazine groups is 1. The van der Waals surface area contributed by atoms with Crippen LogP contribution < -0.4 is 25.5 Å². The molecule has 9 heteroatoms. The highest BCUT2D eigenvalue weighted by Crippen LogP contribution is 2.41. The molecule has 42 heavy (non-hydrogen) atoms. The first-order chi connectivity index (χ1) is 20.0. The Balaban J connectivity index is 1.88. The summed E-state index contributed by atoms with van der Waals surface area (Å²) >= 11 is 0. The average Bonchev–Trinajstić information content (AvgIpc) is 3.09. The summed E-state index contributed by atoms with van der Waals surface area (Å²) in [5, 5.41) is 1.40. The third kappa shape index (κ3) is 7.21. The molecule has 3 N–H and O–H groups in total. The van der Waals surface area contributed by atoms with Gasteiger partial charge in [0.1, 0.15) is 17.5 Å². The van der Waals surface area contributed by atoms with Gasteiger partial charge in [0.15, 0.2) is 0 Å². The Morgan fingerprint density at radius 3 is 2.14 bits per heavy atom. The fourth-order valence-corrected chi connectivity index (χ4v) is 5.51. The number of hydrogen-bond acceptors (Lipinski definition) is 5. The van der Waals surface area contributed by atoms with Crippen LogP contribution in [0.5, 0.6) is 11.5 Å². The zero-order chi connectivity index (χ0) is 30.4. The average molecular weight is 573 g/mol. The van der Waals surface area contributed by atoms with E-state index in [0.29, 0.717) is 23.6 Å². The maximum atomic E-state index is 14.6. The number of carbonyl (C=O) groups excluding carboxylic acids is 3. The molecule has 1 saturated heterocycles. The standard InChI is InChI=1S/C33H40N4O5/c1-33(2,3)21-30(38)35-37-28(23-13-9-15-26(17-23)41-4)18-24(22-11-7-6-8-12-22)19-29(31(37)39)36(32(34)40)25-14-10-16-27(20-25)42-5/h6-17,20,24,28-29H,18-19,21H2,1-5H3,(H2,34,40)(H,35,38)/t24-,28?,29-/m1/s1. The monoisotopic (exact) mass is 572 g/mol. The van der Waals surface area contributed by atoms with E-state index in [1.54, 1.807) is 31.4 Å². The molecule has 1 aliphatic heterocycles. The Bertz CT molecular complexity index is 1400. The van der Waals surface area contributed by atoms with Gasteiger partial charge in [0.05, 0.1) is 25.9 Å². The lowest BCUT2D eigenvalue weighted by Crippen LogP contribution is -2.57. The van der Waals surface area contributed by atoms with Gasteiger partial charge in [-0.1, -0.05) is 69.3 Å². The predicted molar refractivity (Wildman–Crippen MR) is 162 cm³/mol. The number of benzene rings is 3. The third-order valence-corrected chi connectivity index (χ3v) is 7.42. The highest BCUT2D eigenvalue weighted by atomic mass is 16.5.